The first kappa shape index (κ1) is 58.8. The van der Waals surface area contributed by atoms with Crippen molar-refractivity contribution >= 4 is 31.2 Å². The molecular formula is C36H75CrO12S3. The van der Waals surface area contributed by atoms with Gasteiger partial charge in [0, 0.05) is 0 Å². The van der Waals surface area contributed by atoms with Crippen molar-refractivity contribution in [3.8, 4) is 0 Å². The van der Waals surface area contributed by atoms with E-state index in [0.717, 1.165) is 38.5 Å². The van der Waals surface area contributed by atoms with Crippen molar-refractivity contribution in [3.05, 3.63) is 0 Å². The van der Waals surface area contributed by atoms with Gasteiger partial charge in [0.1, 0.15) is 0 Å². The van der Waals surface area contributed by atoms with Gasteiger partial charge in [-0.25, -0.2) is 25.3 Å². The fourth-order valence-electron chi connectivity index (χ4n) is 5.25. The molecule has 0 aliphatic carbocycles. The monoisotopic (exact) mass is 847 g/mol. The van der Waals surface area contributed by atoms with Crippen LogP contribution in [-0.4, -0.2) is 58.7 Å². The van der Waals surface area contributed by atoms with Gasteiger partial charge in [0.2, 0.25) is 31.2 Å². The van der Waals surface area contributed by atoms with E-state index in [-0.39, 0.29) is 37.2 Å². The first-order valence-corrected chi connectivity index (χ1v) is 24.0. The minimum atomic E-state index is -4.48. The third-order valence-corrected chi connectivity index (χ3v) is 9.54. The Morgan fingerprint density at radius 3 is 0.558 bits per heavy atom. The zero-order valence-corrected chi connectivity index (χ0v) is 36.6. The van der Waals surface area contributed by atoms with Gasteiger partial charge in [-0.15, -0.1) is 0 Å². The molecule has 52 heavy (non-hydrogen) atoms. The smallest absolute Gasteiger partial charge is 0.726 e. The Hall–Kier alpha value is 0.142. The molecule has 0 fully saturated rings. The summed E-state index contributed by atoms with van der Waals surface area (Å²) in [7, 11) is -13.5. The molecule has 0 heterocycles. The van der Waals surface area contributed by atoms with Crippen molar-refractivity contribution in [2.45, 2.75) is 213 Å². The van der Waals surface area contributed by atoms with E-state index in [1.165, 1.54) is 135 Å². The van der Waals surface area contributed by atoms with Crippen LogP contribution in [0.1, 0.15) is 213 Å². The van der Waals surface area contributed by atoms with Gasteiger partial charge < -0.3 is 13.7 Å². The largest absolute Gasteiger partial charge is 3.00 e. The topological polar surface area (TPSA) is 199 Å². The molecule has 0 saturated carbocycles. The minimum absolute atomic E-state index is 0. The summed E-state index contributed by atoms with van der Waals surface area (Å²) in [4.78, 5) is 0. The van der Waals surface area contributed by atoms with E-state index in [1.54, 1.807) is 0 Å². The van der Waals surface area contributed by atoms with Crippen LogP contribution >= 0.6 is 0 Å². The summed E-state index contributed by atoms with van der Waals surface area (Å²) in [6, 6.07) is 0. The molecule has 16 heteroatoms. The molecule has 0 N–H and O–H groups in total. The Morgan fingerprint density at radius 1 is 0.288 bits per heavy atom. The molecule has 315 valence electrons. The van der Waals surface area contributed by atoms with Crippen LogP contribution in [0, 0.1) is 0 Å². The summed E-state index contributed by atoms with van der Waals surface area (Å²) in [5, 5.41) is 0. The van der Waals surface area contributed by atoms with Crippen molar-refractivity contribution in [1.82, 2.24) is 0 Å². The fraction of sp³-hybridized carbons (Fsp3) is 1.00. The summed E-state index contributed by atoms with van der Waals surface area (Å²) >= 11 is 0. The molecule has 0 bridgehead atoms. The van der Waals surface area contributed by atoms with Crippen LogP contribution in [0.25, 0.3) is 0 Å². The average molecular weight is 848 g/mol. The van der Waals surface area contributed by atoms with Crippen LogP contribution in [0.5, 0.6) is 0 Å². The number of hydrogen-bond acceptors (Lipinski definition) is 12. The predicted molar refractivity (Wildman–Crippen MR) is 202 cm³/mol. The predicted octanol–water partition coefficient (Wildman–Crippen LogP) is 10.1. The molecule has 0 atom stereocenters. The molecule has 0 aliphatic heterocycles. The van der Waals surface area contributed by atoms with Gasteiger partial charge in [-0.05, 0) is 19.3 Å². The van der Waals surface area contributed by atoms with Gasteiger partial charge >= 0.3 is 17.4 Å². The zero-order chi connectivity index (χ0) is 39.0. The summed E-state index contributed by atoms with van der Waals surface area (Å²) in [5.41, 5.74) is 0. The van der Waals surface area contributed by atoms with E-state index < -0.39 is 31.2 Å². The van der Waals surface area contributed by atoms with E-state index in [1.807, 2.05) is 0 Å². The maximum absolute atomic E-state index is 10.1. The van der Waals surface area contributed by atoms with Crippen LogP contribution in [-0.2, 0) is 61.1 Å². The van der Waals surface area contributed by atoms with Gasteiger partial charge in [-0.2, -0.15) is 0 Å². The molecule has 0 amide bonds. The molecular weight excluding hydrogens is 773 g/mol. The van der Waals surface area contributed by atoms with Crippen molar-refractivity contribution in [2.75, 3.05) is 19.8 Å². The Balaban J connectivity index is -0.000000329. The van der Waals surface area contributed by atoms with E-state index in [0.29, 0.717) is 19.3 Å². The van der Waals surface area contributed by atoms with Gasteiger partial charge in [-0.1, -0.05) is 194 Å². The second kappa shape index (κ2) is 43.9. The SMILES string of the molecule is CCCCCCCCCCCCOS(=O)(=O)[O-].CCCCCCCCCCCCOS(=O)(=O)[O-].CCCCCCCCCCCCOS(=O)(=O)[O-].[Cr+3]. The number of unbranched alkanes of at least 4 members (excludes halogenated alkanes) is 27. The van der Waals surface area contributed by atoms with Crippen molar-refractivity contribution in [2.24, 2.45) is 0 Å². The zero-order valence-electron chi connectivity index (χ0n) is 32.9. The quantitative estimate of drug-likeness (QED) is 0.0329. The second-order valence-corrected chi connectivity index (χ2v) is 16.4. The first-order chi connectivity index (χ1) is 24.2. The normalized spacial score (nSPS) is 11.7. The minimum Gasteiger partial charge on any atom is -0.726 e. The van der Waals surface area contributed by atoms with Crippen LogP contribution in [0.3, 0.4) is 0 Å². The van der Waals surface area contributed by atoms with Crippen LogP contribution in [0.2, 0.25) is 0 Å². The molecule has 0 unspecified atom stereocenters. The van der Waals surface area contributed by atoms with Gasteiger partial charge in [0.25, 0.3) is 0 Å². The molecule has 0 aromatic rings. The summed E-state index contributed by atoms with van der Waals surface area (Å²) in [5.74, 6) is 0. The Bertz CT molecular complexity index is 883. The molecule has 0 saturated heterocycles. The van der Waals surface area contributed by atoms with Crippen molar-refractivity contribution < 1.29 is 68.8 Å². The fourth-order valence-corrected chi connectivity index (χ4v) is 6.22. The van der Waals surface area contributed by atoms with Crippen LogP contribution in [0.15, 0.2) is 0 Å². The Labute approximate surface area is 331 Å². The Kier molecular flexibility index (Phi) is 49.6. The molecule has 0 aromatic carbocycles. The maximum Gasteiger partial charge on any atom is 3.00 e. The van der Waals surface area contributed by atoms with E-state index in [4.69, 9.17) is 0 Å². The van der Waals surface area contributed by atoms with Gasteiger partial charge in [0.05, 0.1) is 19.8 Å². The number of hydrogen-bond donors (Lipinski definition) is 0. The molecule has 0 aromatic heterocycles. The average Bonchev–Trinajstić information content (AvgIpc) is 3.04. The Morgan fingerprint density at radius 2 is 0.423 bits per heavy atom. The van der Waals surface area contributed by atoms with Gasteiger partial charge in [-0.3, -0.25) is 12.5 Å². The molecule has 1 radical (unpaired) electrons. The molecule has 12 nitrogen and oxygen atoms in total. The maximum atomic E-state index is 10.1. The molecule has 0 aliphatic rings. The number of rotatable bonds is 36. The summed E-state index contributed by atoms with van der Waals surface area (Å²) in [6.07, 6.45) is 35.1. The van der Waals surface area contributed by atoms with E-state index >= 15 is 0 Å². The van der Waals surface area contributed by atoms with E-state index in [9.17, 15) is 38.9 Å². The molecule has 0 spiro atoms. The van der Waals surface area contributed by atoms with E-state index in [2.05, 4.69) is 33.3 Å². The first-order valence-electron chi connectivity index (χ1n) is 20.0. The summed E-state index contributed by atoms with van der Waals surface area (Å²) in [6.45, 7) is 6.73. The van der Waals surface area contributed by atoms with Crippen molar-refractivity contribution in [1.29, 1.82) is 0 Å². The van der Waals surface area contributed by atoms with Crippen LogP contribution in [0.4, 0.5) is 0 Å². The third-order valence-electron chi connectivity index (χ3n) is 8.18. The standard InChI is InChI=1S/3C12H26O4S.Cr/c3*1-2-3-4-5-6-7-8-9-10-11-12-16-17(13,14)15;/h3*2-12H2,1H3,(H,13,14,15);/q;;;+3/p-3. The second-order valence-electron chi connectivity index (χ2n) is 13.2. The van der Waals surface area contributed by atoms with Crippen molar-refractivity contribution in [3.63, 3.8) is 0 Å². The summed E-state index contributed by atoms with van der Waals surface area (Å²) < 4.78 is 103. The molecule has 0 rings (SSSR count). The van der Waals surface area contributed by atoms with Crippen LogP contribution < -0.4 is 0 Å². The third kappa shape index (κ3) is 68.2. The van der Waals surface area contributed by atoms with Gasteiger partial charge in [0.15, 0.2) is 0 Å².